The van der Waals surface area contributed by atoms with E-state index in [0.717, 1.165) is 4.47 Å². The lowest BCUT2D eigenvalue weighted by atomic mass is 9.94. The number of aryl methyl sites for hydroxylation is 1. The Labute approximate surface area is 113 Å². The first-order valence-corrected chi connectivity index (χ1v) is 6.10. The Morgan fingerprint density at radius 1 is 1.39 bits per heavy atom. The summed E-state index contributed by atoms with van der Waals surface area (Å²) >= 11 is 3.32. The average Bonchev–Trinajstić information content (AvgIpc) is 2.79. The highest BCUT2D eigenvalue weighted by Gasteiger charge is 2.23. The molecule has 0 N–H and O–H groups in total. The van der Waals surface area contributed by atoms with Gasteiger partial charge in [0.05, 0.1) is 6.07 Å². The first kappa shape index (κ1) is 12.5. The summed E-state index contributed by atoms with van der Waals surface area (Å²) in [5, 5.41) is 13.2. The molecule has 90 valence electrons. The van der Waals surface area contributed by atoms with E-state index in [-0.39, 0.29) is 5.78 Å². The lowest BCUT2D eigenvalue weighted by Crippen LogP contribution is -2.12. The Kier molecular flexibility index (Phi) is 3.58. The molecule has 0 aliphatic heterocycles. The van der Waals surface area contributed by atoms with Crippen molar-refractivity contribution in [3.05, 3.63) is 52.3 Å². The van der Waals surface area contributed by atoms with Gasteiger partial charge in [-0.3, -0.25) is 9.48 Å². The normalized spacial score (nSPS) is 11.8. The van der Waals surface area contributed by atoms with Gasteiger partial charge in [0.25, 0.3) is 0 Å². The monoisotopic (exact) mass is 303 g/mol. The highest BCUT2D eigenvalue weighted by molar-refractivity contribution is 9.10. The molecule has 1 aromatic heterocycles. The fourth-order valence-electron chi connectivity index (χ4n) is 1.63. The van der Waals surface area contributed by atoms with Crippen molar-refractivity contribution in [2.24, 2.45) is 7.05 Å². The van der Waals surface area contributed by atoms with Crippen LogP contribution in [0.25, 0.3) is 0 Å². The van der Waals surface area contributed by atoms with Gasteiger partial charge in [-0.1, -0.05) is 28.1 Å². The Morgan fingerprint density at radius 2 is 2.06 bits per heavy atom. The molecule has 0 radical (unpaired) electrons. The van der Waals surface area contributed by atoms with E-state index in [1.165, 1.54) is 0 Å². The molecule has 1 unspecified atom stereocenters. The first-order chi connectivity index (χ1) is 8.61. The molecule has 5 heteroatoms. The molecular weight excluding hydrogens is 294 g/mol. The second-order valence-electron chi connectivity index (χ2n) is 3.85. The van der Waals surface area contributed by atoms with Gasteiger partial charge in [0.15, 0.2) is 0 Å². The molecule has 0 aliphatic carbocycles. The van der Waals surface area contributed by atoms with Crippen molar-refractivity contribution in [3.63, 3.8) is 0 Å². The van der Waals surface area contributed by atoms with Crippen LogP contribution < -0.4 is 0 Å². The fourth-order valence-corrected chi connectivity index (χ4v) is 1.90. The van der Waals surface area contributed by atoms with E-state index in [1.54, 1.807) is 36.1 Å². The van der Waals surface area contributed by atoms with Crippen LogP contribution in [-0.4, -0.2) is 15.6 Å². The largest absolute Gasteiger partial charge is 0.290 e. The van der Waals surface area contributed by atoms with Gasteiger partial charge in [0.1, 0.15) is 11.6 Å². The minimum atomic E-state index is -0.812. The number of hydrogen-bond donors (Lipinski definition) is 0. The van der Waals surface area contributed by atoms with Crippen molar-refractivity contribution in [2.45, 2.75) is 5.92 Å². The molecule has 2 rings (SSSR count). The summed E-state index contributed by atoms with van der Waals surface area (Å²) in [6, 6.07) is 10.8. The highest BCUT2D eigenvalue weighted by atomic mass is 79.9. The van der Waals surface area contributed by atoms with E-state index in [1.807, 2.05) is 18.2 Å². The number of hydrogen-bond acceptors (Lipinski definition) is 3. The summed E-state index contributed by atoms with van der Waals surface area (Å²) in [6.07, 6.45) is 1.68. The summed E-state index contributed by atoms with van der Waals surface area (Å²) in [4.78, 5) is 12.2. The SMILES string of the molecule is Cn1ccc(C(=O)C(C#N)c2ccc(Br)cc2)n1. The van der Waals surface area contributed by atoms with E-state index in [2.05, 4.69) is 21.0 Å². The summed E-state index contributed by atoms with van der Waals surface area (Å²) in [6.45, 7) is 0. The quantitative estimate of drug-likeness (QED) is 0.819. The zero-order valence-electron chi connectivity index (χ0n) is 9.67. The molecular formula is C13H10BrN3O. The number of nitriles is 1. The molecule has 4 nitrogen and oxygen atoms in total. The minimum Gasteiger partial charge on any atom is -0.290 e. The van der Waals surface area contributed by atoms with Crippen LogP contribution in [0.4, 0.5) is 0 Å². The van der Waals surface area contributed by atoms with E-state index < -0.39 is 5.92 Å². The maximum absolute atomic E-state index is 12.2. The topological polar surface area (TPSA) is 58.7 Å². The van der Waals surface area contributed by atoms with E-state index >= 15 is 0 Å². The molecule has 0 bridgehead atoms. The number of Topliss-reactive ketones (excluding diaryl/α,β-unsaturated/α-hetero) is 1. The average molecular weight is 304 g/mol. The summed E-state index contributed by atoms with van der Waals surface area (Å²) in [5.74, 6) is -1.09. The lowest BCUT2D eigenvalue weighted by molar-refractivity contribution is 0.0973. The van der Waals surface area contributed by atoms with Crippen LogP contribution in [0.1, 0.15) is 22.0 Å². The second-order valence-corrected chi connectivity index (χ2v) is 4.77. The van der Waals surface area contributed by atoms with Gasteiger partial charge in [-0.05, 0) is 23.8 Å². The summed E-state index contributed by atoms with van der Waals surface area (Å²) in [7, 11) is 1.73. The molecule has 0 fully saturated rings. The van der Waals surface area contributed by atoms with Gasteiger partial charge in [-0.15, -0.1) is 0 Å². The van der Waals surface area contributed by atoms with Gasteiger partial charge in [-0.2, -0.15) is 10.4 Å². The van der Waals surface area contributed by atoms with Crippen molar-refractivity contribution in [1.29, 1.82) is 5.26 Å². The standard InChI is InChI=1S/C13H10BrN3O/c1-17-7-6-12(16-17)13(18)11(8-15)9-2-4-10(14)5-3-9/h2-7,11H,1H3. The maximum Gasteiger partial charge on any atom is 0.204 e. The number of carbonyl (C=O) groups is 1. The van der Waals surface area contributed by atoms with Gasteiger partial charge in [-0.25, -0.2) is 0 Å². The van der Waals surface area contributed by atoms with Crippen LogP contribution in [0.5, 0.6) is 0 Å². The third-order valence-corrected chi connectivity index (χ3v) is 3.09. The Hall–Kier alpha value is -1.93. The second kappa shape index (κ2) is 5.15. The van der Waals surface area contributed by atoms with E-state index in [4.69, 9.17) is 0 Å². The van der Waals surface area contributed by atoms with Crippen molar-refractivity contribution in [2.75, 3.05) is 0 Å². The summed E-state index contributed by atoms with van der Waals surface area (Å²) < 4.78 is 2.46. The van der Waals surface area contributed by atoms with Crippen LogP contribution in [0.3, 0.4) is 0 Å². The number of carbonyl (C=O) groups excluding carboxylic acids is 1. The van der Waals surface area contributed by atoms with Crippen LogP contribution in [0.2, 0.25) is 0 Å². The highest BCUT2D eigenvalue weighted by Crippen LogP contribution is 2.21. The van der Waals surface area contributed by atoms with Crippen LogP contribution >= 0.6 is 15.9 Å². The molecule has 1 aromatic carbocycles. The lowest BCUT2D eigenvalue weighted by Gasteiger charge is -2.06. The van der Waals surface area contributed by atoms with Gasteiger partial charge in [0, 0.05) is 17.7 Å². The molecule has 0 amide bonds. The van der Waals surface area contributed by atoms with Gasteiger partial charge >= 0.3 is 0 Å². The molecule has 1 atom stereocenters. The number of ketones is 1. The number of rotatable bonds is 3. The molecule has 0 saturated heterocycles. The minimum absolute atomic E-state index is 0.277. The summed E-state index contributed by atoms with van der Waals surface area (Å²) in [5.41, 5.74) is 0.989. The smallest absolute Gasteiger partial charge is 0.204 e. The zero-order valence-corrected chi connectivity index (χ0v) is 11.3. The van der Waals surface area contributed by atoms with Crippen molar-refractivity contribution in [3.8, 4) is 6.07 Å². The zero-order chi connectivity index (χ0) is 13.1. The Balaban J connectivity index is 2.32. The molecule has 0 spiro atoms. The van der Waals surface area contributed by atoms with Gasteiger partial charge in [0.2, 0.25) is 5.78 Å². The van der Waals surface area contributed by atoms with E-state index in [9.17, 15) is 10.1 Å². The fraction of sp³-hybridized carbons (Fsp3) is 0.154. The molecule has 0 saturated carbocycles. The van der Waals surface area contributed by atoms with Crippen LogP contribution in [-0.2, 0) is 7.05 Å². The number of aromatic nitrogens is 2. The molecule has 1 heterocycles. The number of benzene rings is 1. The predicted molar refractivity (Wildman–Crippen MR) is 70.0 cm³/mol. The number of nitrogens with zero attached hydrogens (tertiary/aromatic N) is 3. The molecule has 18 heavy (non-hydrogen) atoms. The molecule has 0 aliphatic rings. The van der Waals surface area contributed by atoms with E-state index in [0.29, 0.717) is 11.3 Å². The first-order valence-electron chi connectivity index (χ1n) is 5.31. The van der Waals surface area contributed by atoms with Gasteiger partial charge < -0.3 is 0 Å². The maximum atomic E-state index is 12.2. The van der Waals surface area contributed by atoms with Crippen molar-refractivity contribution in [1.82, 2.24) is 9.78 Å². The van der Waals surface area contributed by atoms with Crippen molar-refractivity contribution < 1.29 is 4.79 Å². The Bertz CT molecular complexity index is 610. The van der Waals surface area contributed by atoms with Crippen LogP contribution in [0, 0.1) is 11.3 Å². The van der Waals surface area contributed by atoms with Crippen LogP contribution in [0.15, 0.2) is 41.0 Å². The Morgan fingerprint density at radius 3 is 2.56 bits per heavy atom. The third kappa shape index (κ3) is 2.49. The third-order valence-electron chi connectivity index (χ3n) is 2.56. The predicted octanol–water partition coefficient (Wildman–Crippen LogP) is 2.67. The van der Waals surface area contributed by atoms with Crippen molar-refractivity contribution >= 4 is 21.7 Å². The number of halogens is 1. The molecule has 2 aromatic rings.